The molecule has 2 heterocycles. The van der Waals surface area contributed by atoms with Crippen molar-refractivity contribution in [2.45, 2.75) is 38.0 Å². The summed E-state index contributed by atoms with van der Waals surface area (Å²) in [5.74, 6) is -0.552. The van der Waals surface area contributed by atoms with E-state index in [-0.39, 0.29) is 23.2 Å². The molecule has 1 unspecified atom stereocenters. The summed E-state index contributed by atoms with van der Waals surface area (Å²) in [6.45, 7) is 2.29. The van der Waals surface area contributed by atoms with E-state index in [2.05, 4.69) is 15.3 Å². The Morgan fingerprint density at radius 2 is 2.03 bits per heavy atom. The molecule has 38 heavy (non-hydrogen) atoms. The maximum atomic E-state index is 14.6. The molecule has 1 atom stereocenters. The van der Waals surface area contributed by atoms with Gasteiger partial charge in [0.1, 0.15) is 29.5 Å². The number of amides is 2. The molecule has 1 aliphatic heterocycles. The normalized spacial score (nSPS) is 15.9. The number of carbonyl (C=O) groups excluding carboxylic acids is 2. The third kappa shape index (κ3) is 5.22. The molecule has 0 spiro atoms. The minimum atomic E-state index is -1.11. The Labute approximate surface area is 224 Å². The predicted molar refractivity (Wildman–Crippen MR) is 142 cm³/mol. The average molecular weight is 545 g/mol. The zero-order chi connectivity index (χ0) is 27.6. The van der Waals surface area contributed by atoms with Gasteiger partial charge in [-0.15, -0.1) is 0 Å². The van der Waals surface area contributed by atoms with Crippen molar-refractivity contribution in [2.24, 2.45) is 5.73 Å². The maximum absolute atomic E-state index is 14.6. The minimum Gasteiger partial charge on any atom is -0.496 e. The van der Waals surface area contributed by atoms with Gasteiger partial charge in [0.25, 0.3) is 5.91 Å². The smallest absolute Gasteiger partial charge is 0.251 e. The van der Waals surface area contributed by atoms with E-state index >= 15 is 0 Å². The second kappa shape index (κ2) is 11.1. The molecule has 2 aromatic carbocycles. The van der Waals surface area contributed by atoms with Crippen LogP contribution in [0.5, 0.6) is 5.75 Å². The summed E-state index contributed by atoms with van der Waals surface area (Å²) in [4.78, 5) is 37.0. The molecule has 1 aliphatic rings. The summed E-state index contributed by atoms with van der Waals surface area (Å²) >= 11 is 5.93. The first kappa shape index (κ1) is 27.5. The van der Waals surface area contributed by atoms with E-state index in [1.807, 2.05) is 11.0 Å². The molecule has 4 rings (SSSR count). The van der Waals surface area contributed by atoms with Crippen molar-refractivity contribution in [3.63, 3.8) is 0 Å². The summed E-state index contributed by atoms with van der Waals surface area (Å²) < 4.78 is 20.2. The van der Waals surface area contributed by atoms with Crippen molar-refractivity contribution in [2.75, 3.05) is 32.6 Å². The Kier molecular flexibility index (Phi) is 8.00. The number of anilines is 2. The SMILES string of the molecule is COc1cc2ncnc(Nc3cccc(Cl)c3F)c2cc1CN(C)C1(C(N)=O)CCN(C(=O)C(C)O)CC1. The van der Waals surface area contributed by atoms with E-state index in [1.165, 1.54) is 26.4 Å². The van der Waals surface area contributed by atoms with Gasteiger partial charge in [-0.25, -0.2) is 14.4 Å². The molecule has 2 amide bonds. The molecule has 1 saturated heterocycles. The first-order valence-corrected chi connectivity index (χ1v) is 12.5. The van der Waals surface area contributed by atoms with E-state index in [0.29, 0.717) is 48.4 Å². The Morgan fingerprint density at radius 1 is 1.32 bits per heavy atom. The number of piperidine rings is 1. The van der Waals surface area contributed by atoms with Gasteiger partial charge in [0.15, 0.2) is 5.82 Å². The molecule has 0 bridgehead atoms. The quantitative estimate of drug-likeness (QED) is 0.394. The fourth-order valence-electron chi connectivity index (χ4n) is 4.85. The van der Waals surface area contributed by atoms with Crippen molar-refractivity contribution < 1.29 is 23.8 Å². The van der Waals surface area contributed by atoms with Gasteiger partial charge < -0.3 is 25.8 Å². The number of fused-ring (bicyclic) bond motifs is 1. The van der Waals surface area contributed by atoms with Gasteiger partial charge in [-0.1, -0.05) is 17.7 Å². The van der Waals surface area contributed by atoms with E-state index in [4.69, 9.17) is 22.1 Å². The molecule has 0 radical (unpaired) electrons. The van der Waals surface area contributed by atoms with Gasteiger partial charge in [0, 0.05) is 36.7 Å². The minimum absolute atomic E-state index is 0.0183. The van der Waals surface area contributed by atoms with Gasteiger partial charge in [0.2, 0.25) is 5.91 Å². The Hall–Kier alpha value is -3.54. The highest BCUT2D eigenvalue weighted by Crippen LogP contribution is 2.35. The highest BCUT2D eigenvalue weighted by atomic mass is 35.5. The summed E-state index contributed by atoms with van der Waals surface area (Å²) in [7, 11) is 3.33. The number of ether oxygens (including phenoxy) is 1. The third-order valence-corrected chi connectivity index (χ3v) is 7.39. The van der Waals surface area contributed by atoms with Crippen LogP contribution in [0.4, 0.5) is 15.9 Å². The number of aliphatic hydroxyl groups is 1. The van der Waals surface area contributed by atoms with Crippen LogP contribution in [0.2, 0.25) is 5.02 Å². The first-order chi connectivity index (χ1) is 18.1. The molecule has 3 aromatic rings. The second-order valence-corrected chi connectivity index (χ2v) is 9.79. The summed E-state index contributed by atoms with van der Waals surface area (Å²) in [6, 6.07) is 8.22. The molecular formula is C26H30ClFN6O4. The number of methoxy groups -OCH3 is 1. The molecule has 0 aliphatic carbocycles. The van der Waals surface area contributed by atoms with Crippen LogP contribution in [0.25, 0.3) is 10.9 Å². The molecule has 1 aromatic heterocycles. The van der Waals surface area contributed by atoms with E-state index in [1.54, 1.807) is 30.1 Å². The van der Waals surface area contributed by atoms with Crippen LogP contribution in [-0.2, 0) is 16.1 Å². The molecule has 10 nitrogen and oxygen atoms in total. The first-order valence-electron chi connectivity index (χ1n) is 12.1. The lowest BCUT2D eigenvalue weighted by molar-refractivity contribution is -0.146. The number of aromatic nitrogens is 2. The van der Waals surface area contributed by atoms with Gasteiger partial charge >= 0.3 is 0 Å². The lowest BCUT2D eigenvalue weighted by Crippen LogP contribution is -2.62. The summed E-state index contributed by atoms with van der Waals surface area (Å²) in [6.07, 6.45) is 0.887. The zero-order valence-corrected chi connectivity index (χ0v) is 22.1. The van der Waals surface area contributed by atoms with Gasteiger partial charge in [0.05, 0.1) is 23.3 Å². The van der Waals surface area contributed by atoms with E-state index in [9.17, 15) is 19.1 Å². The number of primary amides is 1. The van der Waals surface area contributed by atoms with Crippen LogP contribution in [0.15, 0.2) is 36.7 Å². The number of likely N-dealkylation sites (N-methyl/N-ethyl adjacent to an activating group) is 1. The van der Waals surface area contributed by atoms with Crippen LogP contribution < -0.4 is 15.8 Å². The van der Waals surface area contributed by atoms with E-state index < -0.39 is 23.4 Å². The number of hydrogen-bond acceptors (Lipinski definition) is 8. The second-order valence-electron chi connectivity index (χ2n) is 9.38. The number of aliphatic hydroxyl groups excluding tert-OH is 1. The fraction of sp³-hybridized carbons (Fsp3) is 0.385. The Bertz CT molecular complexity index is 1360. The van der Waals surface area contributed by atoms with Crippen LogP contribution in [0.1, 0.15) is 25.3 Å². The molecule has 12 heteroatoms. The van der Waals surface area contributed by atoms with Crippen molar-refractivity contribution >= 4 is 45.8 Å². The number of nitrogens with two attached hydrogens (primary N) is 1. The van der Waals surface area contributed by atoms with Crippen molar-refractivity contribution in [1.29, 1.82) is 0 Å². The number of benzene rings is 2. The lowest BCUT2D eigenvalue weighted by atomic mass is 9.84. The third-order valence-electron chi connectivity index (χ3n) is 7.10. The van der Waals surface area contributed by atoms with Gasteiger partial charge in [-0.3, -0.25) is 14.5 Å². The van der Waals surface area contributed by atoms with Gasteiger partial charge in [-0.05, 0) is 45.0 Å². The van der Waals surface area contributed by atoms with Gasteiger partial charge in [-0.2, -0.15) is 0 Å². The van der Waals surface area contributed by atoms with Crippen LogP contribution in [0, 0.1) is 5.82 Å². The number of nitrogens with zero attached hydrogens (tertiary/aromatic N) is 4. The van der Waals surface area contributed by atoms with Crippen molar-refractivity contribution in [1.82, 2.24) is 19.8 Å². The topological polar surface area (TPSA) is 134 Å². The van der Waals surface area contributed by atoms with Crippen molar-refractivity contribution in [3.8, 4) is 5.75 Å². The Balaban J connectivity index is 1.66. The van der Waals surface area contributed by atoms with E-state index in [0.717, 1.165) is 5.56 Å². The average Bonchev–Trinajstić information content (AvgIpc) is 2.90. The molecule has 202 valence electrons. The Morgan fingerprint density at radius 3 is 2.66 bits per heavy atom. The van der Waals surface area contributed by atoms with Crippen LogP contribution >= 0.6 is 11.6 Å². The standard InChI is InChI=1S/C26H30ClFN6O4/c1-15(35)24(36)34-9-7-26(8-10-34,25(29)37)33(2)13-16-11-17-20(12-21(16)38-3)30-14-31-23(17)32-19-6-4-5-18(27)22(19)28/h4-6,11-12,14-15,35H,7-10,13H2,1-3H3,(H2,29,37)(H,30,31,32). The van der Waals surface area contributed by atoms with Crippen LogP contribution in [-0.4, -0.2) is 75.6 Å². The largest absolute Gasteiger partial charge is 0.496 e. The summed E-state index contributed by atoms with van der Waals surface area (Å²) in [5.41, 5.74) is 6.36. The molecule has 4 N–H and O–H groups in total. The lowest BCUT2D eigenvalue weighted by Gasteiger charge is -2.45. The fourth-order valence-corrected chi connectivity index (χ4v) is 5.03. The van der Waals surface area contributed by atoms with Crippen LogP contribution in [0.3, 0.4) is 0 Å². The number of likely N-dealkylation sites (tertiary alicyclic amines) is 1. The summed E-state index contributed by atoms with van der Waals surface area (Å²) in [5, 5.41) is 13.2. The number of rotatable bonds is 8. The molecule has 0 saturated carbocycles. The zero-order valence-electron chi connectivity index (χ0n) is 21.4. The number of carbonyl (C=O) groups is 2. The highest BCUT2D eigenvalue weighted by Gasteiger charge is 2.44. The molecular weight excluding hydrogens is 515 g/mol. The maximum Gasteiger partial charge on any atom is 0.251 e. The predicted octanol–water partition coefficient (Wildman–Crippen LogP) is 2.83. The highest BCUT2D eigenvalue weighted by molar-refractivity contribution is 6.31. The number of halogens is 2. The monoisotopic (exact) mass is 544 g/mol. The number of nitrogens with one attached hydrogen (secondary N) is 1. The number of hydrogen-bond donors (Lipinski definition) is 3. The molecule has 1 fully saturated rings. The van der Waals surface area contributed by atoms with Crippen molar-refractivity contribution in [3.05, 3.63) is 53.1 Å².